The van der Waals surface area contributed by atoms with Gasteiger partial charge < -0.3 is 10.2 Å². The van der Waals surface area contributed by atoms with Crippen LogP contribution in [0.3, 0.4) is 0 Å². The van der Waals surface area contributed by atoms with Gasteiger partial charge >= 0.3 is 6.18 Å². The highest BCUT2D eigenvalue weighted by molar-refractivity contribution is 5.97. The van der Waals surface area contributed by atoms with Crippen molar-refractivity contribution in [3.63, 3.8) is 0 Å². The average molecular weight is 466 g/mol. The Bertz CT molecular complexity index is 1060. The predicted octanol–water partition coefficient (Wildman–Crippen LogP) is 3.38. The fourth-order valence-electron chi connectivity index (χ4n) is 3.53. The molecule has 1 aromatic carbocycles. The number of aromatic nitrogens is 1. The number of carbonyl (C=O) groups excluding carboxylic acids is 2. The van der Waals surface area contributed by atoms with Crippen molar-refractivity contribution in [1.29, 1.82) is 5.26 Å². The van der Waals surface area contributed by atoms with Gasteiger partial charge in [-0.1, -0.05) is 12.1 Å². The SMILES string of the molecule is N#C[C@@H]1CC(F)(F)CN1C(=O)CNC(=O)c1ccncc1CCc1ccc(C(F)(F)F)cc1. The van der Waals surface area contributed by atoms with Gasteiger partial charge in [-0.2, -0.15) is 18.4 Å². The third-order valence-corrected chi connectivity index (χ3v) is 5.25. The molecule has 1 saturated heterocycles. The lowest BCUT2D eigenvalue weighted by atomic mass is 10.0. The molecule has 2 aromatic rings. The van der Waals surface area contributed by atoms with Gasteiger partial charge in [-0.05, 0) is 42.2 Å². The largest absolute Gasteiger partial charge is 0.416 e. The molecular weight excluding hydrogens is 447 g/mol. The molecule has 2 amide bonds. The summed E-state index contributed by atoms with van der Waals surface area (Å²) in [6.07, 6.45) is -1.73. The summed E-state index contributed by atoms with van der Waals surface area (Å²) < 4.78 is 65.1. The second-order valence-electron chi connectivity index (χ2n) is 7.64. The van der Waals surface area contributed by atoms with Gasteiger partial charge in [0.2, 0.25) is 5.91 Å². The number of benzene rings is 1. The lowest BCUT2D eigenvalue weighted by molar-refractivity contribution is -0.137. The van der Waals surface area contributed by atoms with Crippen LogP contribution in [0.15, 0.2) is 42.7 Å². The van der Waals surface area contributed by atoms with Crippen molar-refractivity contribution in [2.45, 2.75) is 37.4 Å². The molecule has 1 aliphatic heterocycles. The molecule has 0 spiro atoms. The van der Waals surface area contributed by atoms with Crippen LogP contribution in [-0.4, -0.2) is 46.8 Å². The van der Waals surface area contributed by atoms with Crippen molar-refractivity contribution < 1.29 is 31.5 Å². The Labute approximate surface area is 186 Å². The normalized spacial score (nSPS) is 17.5. The second-order valence-corrected chi connectivity index (χ2v) is 7.64. The standard InChI is InChI=1S/C22H19F5N4O2/c23-21(24)9-17(10-28)31(13-21)19(32)12-30-20(33)18-7-8-29-11-15(18)4-1-14-2-5-16(6-3-14)22(25,26)27/h2-3,5-8,11,17H,1,4,9,12-13H2,(H,30,33)/t17-/m0/s1. The maximum absolute atomic E-state index is 13.5. The third-order valence-electron chi connectivity index (χ3n) is 5.25. The summed E-state index contributed by atoms with van der Waals surface area (Å²) in [5.41, 5.74) is 0.580. The minimum atomic E-state index is -4.43. The van der Waals surface area contributed by atoms with Gasteiger partial charge in [0.25, 0.3) is 11.8 Å². The molecule has 0 bridgehead atoms. The molecule has 1 atom stereocenters. The molecule has 11 heteroatoms. The number of carbonyl (C=O) groups is 2. The zero-order chi connectivity index (χ0) is 24.2. The Morgan fingerprint density at radius 1 is 1.18 bits per heavy atom. The van der Waals surface area contributed by atoms with Gasteiger partial charge in [0, 0.05) is 24.4 Å². The Kier molecular flexibility index (Phi) is 6.95. The number of pyridine rings is 1. The molecule has 2 heterocycles. The maximum Gasteiger partial charge on any atom is 0.416 e. The number of halogens is 5. The molecule has 0 saturated carbocycles. The van der Waals surface area contributed by atoms with Crippen LogP contribution in [0.1, 0.15) is 33.5 Å². The molecular formula is C22H19F5N4O2. The lowest BCUT2D eigenvalue weighted by Crippen LogP contribution is -2.43. The maximum atomic E-state index is 13.5. The summed E-state index contributed by atoms with van der Waals surface area (Å²) in [7, 11) is 0. The van der Waals surface area contributed by atoms with Gasteiger partial charge in [0.05, 0.1) is 24.7 Å². The first-order valence-corrected chi connectivity index (χ1v) is 9.94. The Balaban J connectivity index is 1.61. The minimum Gasteiger partial charge on any atom is -0.343 e. The Morgan fingerprint density at radius 2 is 1.88 bits per heavy atom. The molecule has 6 nitrogen and oxygen atoms in total. The number of aryl methyl sites for hydroxylation is 2. The second kappa shape index (κ2) is 9.52. The molecule has 1 aliphatic rings. The van der Waals surface area contributed by atoms with Crippen molar-refractivity contribution in [1.82, 2.24) is 15.2 Å². The van der Waals surface area contributed by atoms with Crippen LogP contribution in [0, 0.1) is 11.3 Å². The number of nitrogens with one attached hydrogen (secondary N) is 1. The zero-order valence-electron chi connectivity index (χ0n) is 17.2. The fraction of sp³-hybridized carbons (Fsp3) is 0.364. The van der Waals surface area contributed by atoms with Gasteiger partial charge in [-0.3, -0.25) is 14.6 Å². The predicted molar refractivity (Wildman–Crippen MR) is 106 cm³/mol. The number of hydrogen-bond acceptors (Lipinski definition) is 4. The molecule has 1 aromatic heterocycles. The first kappa shape index (κ1) is 24.1. The molecule has 0 aliphatic carbocycles. The highest BCUT2D eigenvalue weighted by Gasteiger charge is 2.47. The van der Waals surface area contributed by atoms with Crippen molar-refractivity contribution >= 4 is 11.8 Å². The molecule has 174 valence electrons. The first-order valence-electron chi connectivity index (χ1n) is 9.94. The number of nitrogens with zero attached hydrogens (tertiary/aromatic N) is 3. The monoisotopic (exact) mass is 466 g/mol. The molecule has 3 rings (SSSR count). The van der Waals surface area contributed by atoms with Crippen LogP contribution in [0.5, 0.6) is 0 Å². The first-order chi connectivity index (χ1) is 15.5. The van der Waals surface area contributed by atoms with Crippen LogP contribution in [0.4, 0.5) is 22.0 Å². The van der Waals surface area contributed by atoms with Crippen molar-refractivity contribution in [2.24, 2.45) is 0 Å². The number of amides is 2. The summed E-state index contributed by atoms with van der Waals surface area (Å²) >= 11 is 0. The van der Waals surface area contributed by atoms with E-state index in [0.29, 0.717) is 24.0 Å². The smallest absolute Gasteiger partial charge is 0.343 e. The van der Waals surface area contributed by atoms with Crippen LogP contribution >= 0.6 is 0 Å². The van der Waals surface area contributed by atoms with E-state index in [9.17, 15) is 31.5 Å². The van der Waals surface area contributed by atoms with Gasteiger partial charge in [-0.15, -0.1) is 0 Å². The van der Waals surface area contributed by atoms with Crippen LogP contribution in [-0.2, 0) is 23.8 Å². The van der Waals surface area contributed by atoms with E-state index >= 15 is 0 Å². The van der Waals surface area contributed by atoms with Crippen LogP contribution < -0.4 is 5.32 Å². The topological polar surface area (TPSA) is 86.1 Å². The number of nitriles is 1. The lowest BCUT2D eigenvalue weighted by Gasteiger charge is -2.19. The van der Waals surface area contributed by atoms with Crippen LogP contribution in [0.25, 0.3) is 0 Å². The van der Waals surface area contributed by atoms with Gasteiger partial charge in [-0.25, -0.2) is 8.78 Å². The summed E-state index contributed by atoms with van der Waals surface area (Å²) in [6.45, 7) is -1.44. The molecule has 1 fully saturated rings. The Morgan fingerprint density at radius 3 is 2.52 bits per heavy atom. The fourth-order valence-corrected chi connectivity index (χ4v) is 3.53. The summed E-state index contributed by atoms with van der Waals surface area (Å²) in [4.78, 5) is 29.6. The van der Waals surface area contributed by atoms with E-state index in [0.717, 1.165) is 17.0 Å². The van der Waals surface area contributed by atoms with E-state index < -0.39 is 55.0 Å². The highest BCUT2D eigenvalue weighted by atomic mass is 19.4. The van der Waals surface area contributed by atoms with E-state index in [4.69, 9.17) is 5.26 Å². The van der Waals surface area contributed by atoms with Gasteiger partial charge in [0.15, 0.2) is 0 Å². The highest BCUT2D eigenvalue weighted by Crippen LogP contribution is 2.31. The van der Waals surface area contributed by atoms with Crippen LogP contribution in [0.2, 0.25) is 0 Å². The third kappa shape index (κ3) is 6.03. The molecule has 1 N–H and O–H groups in total. The molecule has 0 radical (unpaired) electrons. The quantitative estimate of drug-likeness (QED) is 0.662. The van der Waals surface area contributed by atoms with Crippen molar-refractivity contribution in [3.8, 4) is 6.07 Å². The molecule has 33 heavy (non-hydrogen) atoms. The van der Waals surface area contributed by atoms with E-state index in [1.807, 2.05) is 0 Å². The molecule has 0 unspecified atom stereocenters. The number of likely N-dealkylation sites (tertiary alicyclic amines) is 1. The minimum absolute atomic E-state index is 0.202. The van der Waals surface area contributed by atoms with Crippen molar-refractivity contribution in [2.75, 3.05) is 13.1 Å². The van der Waals surface area contributed by atoms with E-state index in [1.165, 1.54) is 30.6 Å². The van der Waals surface area contributed by atoms with Gasteiger partial charge in [0.1, 0.15) is 6.04 Å². The number of rotatable bonds is 6. The average Bonchev–Trinajstić information content (AvgIpc) is 3.10. The zero-order valence-corrected chi connectivity index (χ0v) is 17.2. The van der Waals surface area contributed by atoms with Crippen molar-refractivity contribution in [3.05, 3.63) is 65.0 Å². The summed E-state index contributed by atoms with van der Waals surface area (Å²) in [6, 6.07) is 6.50. The summed E-state index contributed by atoms with van der Waals surface area (Å²) in [5.74, 6) is -4.59. The van der Waals surface area contributed by atoms with E-state index in [2.05, 4.69) is 10.3 Å². The number of hydrogen-bond donors (Lipinski definition) is 1. The van der Waals surface area contributed by atoms with E-state index in [1.54, 1.807) is 6.07 Å². The summed E-state index contributed by atoms with van der Waals surface area (Å²) in [5, 5.41) is 11.4. The number of alkyl halides is 5. The Hall–Kier alpha value is -3.55. The van der Waals surface area contributed by atoms with E-state index in [-0.39, 0.29) is 5.56 Å².